The third-order valence-electron chi connectivity index (χ3n) is 3.89. The molecule has 0 aromatic heterocycles. The SMILES string of the molecule is NC(=O)c1ccccc1.O=C1c2ccccc2C(=O)c2ccccc21. The first-order chi connectivity index (χ1) is 12.1. The molecule has 1 aliphatic rings. The standard InChI is InChI=1S/C14H8O2.C7H7NO/c15-13-9-5-1-2-6-10(9)14(16)12-8-4-3-7-11(12)13;8-7(9)6-4-2-1-3-5-6/h1-8H;1-5H,(H2,8,9). The molecular weight excluding hydrogens is 314 g/mol. The van der Waals surface area contributed by atoms with Crippen molar-refractivity contribution in [3.63, 3.8) is 0 Å². The number of hydrogen-bond donors (Lipinski definition) is 1. The maximum Gasteiger partial charge on any atom is 0.248 e. The summed E-state index contributed by atoms with van der Waals surface area (Å²) in [5.41, 5.74) is 7.55. The number of carbonyl (C=O) groups is 3. The van der Waals surface area contributed by atoms with Gasteiger partial charge in [-0.1, -0.05) is 66.7 Å². The minimum Gasteiger partial charge on any atom is -0.366 e. The van der Waals surface area contributed by atoms with Crippen LogP contribution in [0, 0.1) is 0 Å². The van der Waals surface area contributed by atoms with E-state index in [2.05, 4.69) is 0 Å². The summed E-state index contributed by atoms with van der Waals surface area (Å²) in [4.78, 5) is 34.6. The van der Waals surface area contributed by atoms with Crippen LogP contribution >= 0.6 is 0 Å². The second-order valence-electron chi connectivity index (χ2n) is 5.48. The second-order valence-corrected chi connectivity index (χ2v) is 5.48. The molecule has 1 aliphatic carbocycles. The average molecular weight is 329 g/mol. The van der Waals surface area contributed by atoms with Crippen LogP contribution in [-0.4, -0.2) is 17.5 Å². The monoisotopic (exact) mass is 329 g/mol. The zero-order valence-corrected chi connectivity index (χ0v) is 13.3. The Labute approximate surface area is 144 Å². The van der Waals surface area contributed by atoms with E-state index in [1.807, 2.05) is 6.07 Å². The van der Waals surface area contributed by atoms with Gasteiger partial charge in [0.25, 0.3) is 0 Å². The first-order valence-corrected chi connectivity index (χ1v) is 7.72. The number of rotatable bonds is 1. The van der Waals surface area contributed by atoms with Crippen molar-refractivity contribution in [2.75, 3.05) is 0 Å². The van der Waals surface area contributed by atoms with E-state index in [9.17, 15) is 14.4 Å². The molecule has 4 heteroatoms. The summed E-state index contributed by atoms with van der Waals surface area (Å²) in [5.74, 6) is -0.507. The molecule has 0 heterocycles. The first kappa shape index (κ1) is 16.3. The van der Waals surface area contributed by atoms with Gasteiger partial charge in [-0.25, -0.2) is 0 Å². The van der Waals surface area contributed by atoms with Gasteiger partial charge in [0.15, 0.2) is 11.6 Å². The van der Waals surface area contributed by atoms with Crippen LogP contribution in [0.4, 0.5) is 0 Å². The number of amides is 1. The second kappa shape index (κ2) is 6.93. The van der Waals surface area contributed by atoms with Crippen LogP contribution in [0.2, 0.25) is 0 Å². The normalized spacial score (nSPS) is 11.7. The van der Waals surface area contributed by atoms with Gasteiger partial charge in [-0.15, -0.1) is 0 Å². The van der Waals surface area contributed by atoms with E-state index in [0.29, 0.717) is 27.8 Å². The summed E-state index contributed by atoms with van der Waals surface area (Å²) in [5, 5.41) is 0. The topological polar surface area (TPSA) is 77.2 Å². The molecule has 3 aromatic carbocycles. The highest BCUT2D eigenvalue weighted by atomic mass is 16.1. The van der Waals surface area contributed by atoms with E-state index in [0.717, 1.165) is 0 Å². The predicted molar refractivity (Wildman–Crippen MR) is 94.7 cm³/mol. The Bertz CT molecular complexity index is 856. The Balaban J connectivity index is 0.000000173. The van der Waals surface area contributed by atoms with Crippen LogP contribution in [0.25, 0.3) is 0 Å². The third-order valence-corrected chi connectivity index (χ3v) is 3.89. The summed E-state index contributed by atoms with van der Waals surface area (Å²) in [6.07, 6.45) is 0. The highest BCUT2D eigenvalue weighted by molar-refractivity contribution is 6.28. The molecule has 4 rings (SSSR count). The number of benzene rings is 3. The molecule has 0 unspecified atom stereocenters. The molecule has 0 radical (unpaired) electrons. The number of ketones is 2. The summed E-state index contributed by atoms with van der Waals surface area (Å²) in [6.45, 7) is 0. The van der Waals surface area contributed by atoms with Crippen LogP contribution in [0.5, 0.6) is 0 Å². The Morgan fingerprint density at radius 3 is 1.16 bits per heavy atom. The van der Waals surface area contributed by atoms with Gasteiger partial charge in [-0.3, -0.25) is 14.4 Å². The van der Waals surface area contributed by atoms with E-state index in [4.69, 9.17) is 5.73 Å². The minimum absolute atomic E-state index is 0.0641. The van der Waals surface area contributed by atoms with Crippen molar-refractivity contribution in [2.24, 2.45) is 5.73 Å². The quantitative estimate of drug-likeness (QED) is 0.582. The van der Waals surface area contributed by atoms with Crippen LogP contribution in [-0.2, 0) is 0 Å². The number of primary amides is 1. The highest BCUT2D eigenvalue weighted by Crippen LogP contribution is 2.26. The van der Waals surface area contributed by atoms with E-state index in [1.54, 1.807) is 72.8 Å². The molecule has 3 aromatic rings. The van der Waals surface area contributed by atoms with Crippen LogP contribution in [0.15, 0.2) is 78.9 Å². The van der Waals surface area contributed by atoms with Crippen molar-refractivity contribution >= 4 is 17.5 Å². The van der Waals surface area contributed by atoms with Crippen LogP contribution < -0.4 is 5.73 Å². The van der Waals surface area contributed by atoms with Crippen molar-refractivity contribution in [2.45, 2.75) is 0 Å². The zero-order valence-electron chi connectivity index (χ0n) is 13.3. The van der Waals surface area contributed by atoms with E-state index >= 15 is 0 Å². The van der Waals surface area contributed by atoms with Crippen molar-refractivity contribution in [1.29, 1.82) is 0 Å². The van der Waals surface area contributed by atoms with Crippen molar-refractivity contribution < 1.29 is 14.4 Å². The summed E-state index contributed by atoms with van der Waals surface area (Å²) in [7, 11) is 0. The first-order valence-electron chi connectivity index (χ1n) is 7.72. The van der Waals surface area contributed by atoms with Crippen molar-refractivity contribution in [1.82, 2.24) is 0 Å². The molecular formula is C21H15NO3. The van der Waals surface area contributed by atoms with E-state index in [1.165, 1.54) is 0 Å². The summed E-state index contributed by atoms with van der Waals surface area (Å²) < 4.78 is 0. The number of fused-ring (bicyclic) bond motifs is 2. The van der Waals surface area contributed by atoms with E-state index in [-0.39, 0.29) is 17.5 Å². The molecule has 0 saturated heterocycles. The fourth-order valence-corrected chi connectivity index (χ4v) is 2.65. The van der Waals surface area contributed by atoms with Crippen LogP contribution in [0.1, 0.15) is 42.2 Å². The summed E-state index contributed by atoms with van der Waals surface area (Å²) in [6, 6.07) is 22.7. The lowest BCUT2D eigenvalue weighted by molar-refractivity contribution is 0.0979. The fourth-order valence-electron chi connectivity index (χ4n) is 2.65. The Kier molecular flexibility index (Phi) is 4.53. The molecule has 4 nitrogen and oxygen atoms in total. The summed E-state index contributed by atoms with van der Waals surface area (Å²) >= 11 is 0. The van der Waals surface area contributed by atoms with Gasteiger partial charge in [-0.2, -0.15) is 0 Å². The highest BCUT2D eigenvalue weighted by Gasteiger charge is 2.28. The Hall–Kier alpha value is -3.53. The molecule has 25 heavy (non-hydrogen) atoms. The maximum absolute atomic E-state index is 12.1. The van der Waals surface area contributed by atoms with Gasteiger partial charge in [0, 0.05) is 27.8 Å². The molecule has 0 fully saturated rings. The molecule has 0 spiro atoms. The third kappa shape index (κ3) is 3.23. The molecule has 0 aliphatic heterocycles. The van der Waals surface area contributed by atoms with E-state index < -0.39 is 0 Å². The lowest BCUT2D eigenvalue weighted by atomic mass is 9.84. The lowest BCUT2D eigenvalue weighted by Gasteiger charge is -2.16. The molecule has 0 saturated carbocycles. The Morgan fingerprint density at radius 2 is 0.880 bits per heavy atom. The molecule has 122 valence electrons. The zero-order chi connectivity index (χ0) is 17.8. The molecule has 0 atom stereocenters. The van der Waals surface area contributed by atoms with Gasteiger partial charge < -0.3 is 5.73 Å². The largest absolute Gasteiger partial charge is 0.366 e. The molecule has 0 bridgehead atoms. The lowest BCUT2D eigenvalue weighted by Crippen LogP contribution is -2.20. The number of nitrogens with two attached hydrogens (primary N) is 1. The predicted octanol–water partition coefficient (Wildman–Crippen LogP) is 3.25. The van der Waals surface area contributed by atoms with Gasteiger partial charge in [0.1, 0.15) is 0 Å². The van der Waals surface area contributed by atoms with Gasteiger partial charge in [0.05, 0.1) is 0 Å². The van der Waals surface area contributed by atoms with Crippen molar-refractivity contribution in [3.05, 3.63) is 107 Å². The van der Waals surface area contributed by atoms with Crippen LogP contribution in [0.3, 0.4) is 0 Å². The molecule has 1 amide bonds. The number of carbonyl (C=O) groups excluding carboxylic acids is 3. The van der Waals surface area contributed by atoms with Gasteiger partial charge >= 0.3 is 0 Å². The van der Waals surface area contributed by atoms with Gasteiger partial charge in [0.2, 0.25) is 5.91 Å². The Morgan fingerprint density at radius 1 is 0.560 bits per heavy atom. The van der Waals surface area contributed by atoms with Crippen molar-refractivity contribution in [3.8, 4) is 0 Å². The average Bonchev–Trinajstić information content (AvgIpc) is 2.67. The molecule has 2 N–H and O–H groups in total. The smallest absolute Gasteiger partial charge is 0.248 e. The maximum atomic E-state index is 12.1. The number of hydrogen-bond acceptors (Lipinski definition) is 3. The minimum atomic E-state index is -0.379. The fraction of sp³-hybridized carbons (Fsp3) is 0. The van der Waals surface area contributed by atoms with Gasteiger partial charge in [-0.05, 0) is 12.1 Å².